The molecule has 0 spiro atoms. The second-order valence-electron chi connectivity index (χ2n) is 14.2. The molecule has 9 rings (SSSR count). The van der Waals surface area contributed by atoms with Crippen molar-refractivity contribution in [3.05, 3.63) is 174 Å². The van der Waals surface area contributed by atoms with Crippen molar-refractivity contribution in [3.63, 3.8) is 0 Å². The van der Waals surface area contributed by atoms with Crippen LogP contribution in [0.25, 0.3) is 43.8 Å². The molecule has 0 N–H and O–H groups in total. The maximum absolute atomic E-state index is 6.47. The predicted octanol–water partition coefficient (Wildman–Crippen LogP) is 12.8. The topological polar surface area (TPSA) is 16.4 Å². The van der Waals surface area contributed by atoms with Crippen molar-refractivity contribution in [1.82, 2.24) is 0 Å². The maximum Gasteiger partial charge on any atom is 0.137 e. The van der Waals surface area contributed by atoms with Gasteiger partial charge in [-0.3, -0.25) is 0 Å². The summed E-state index contributed by atoms with van der Waals surface area (Å²) in [6.07, 6.45) is 0. The van der Waals surface area contributed by atoms with Crippen LogP contribution in [0.5, 0.6) is 0 Å². The van der Waals surface area contributed by atoms with Crippen LogP contribution < -0.4 is 4.90 Å². The zero-order valence-electron chi connectivity index (χ0n) is 27.8. The lowest BCUT2D eigenvalue weighted by atomic mass is 9.78. The highest BCUT2D eigenvalue weighted by Crippen LogP contribution is 2.56. The highest BCUT2D eigenvalue weighted by atomic mass is 16.3. The average Bonchev–Trinajstić information content (AvgIpc) is 3.60. The third-order valence-electron chi connectivity index (χ3n) is 10.8. The first kappa shape index (κ1) is 28.6. The number of benzene rings is 7. The SMILES string of the molecule is CC(C)(c1ccccc1)c1ccc(N(c2ccc3c(c2)oc2ccccc23)c2c3c(cc4ccccc24)C(C)(C)c2ccccc2-3)cc1. The van der Waals surface area contributed by atoms with Crippen molar-refractivity contribution < 1.29 is 4.42 Å². The number of anilines is 3. The fraction of sp³-hybridized carbons (Fsp3) is 0.130. The van der Waals surface area contributed by atoms with Crippen LogP contribution in [0.2, 0.25) is 0 Å². The summed E-state index contributed by atoms with van der Waals surface area (Å²) in [5, 5.41) is 4.73. The van der Waals surface area contributed by atoms with Gasteiger partial charge in [-0.1, -0.05) is 137 Å². The molecule has 1 aromatic heterocycles. The largest absolute Gasteiger partial charge is 0.456 e. The number of para-hydroxylation sites is 1. The van der Waals surface area contributed by atoms with Crippen LogP contribution in [0.15, 0.2) is 156 Å². The summed E-state index contributed by atoms with van der Waals surface area (Å²) in [5.74, 6) is 0. The van der Waals surface area contributed by atoms with Gasteiger partial charge in [0, 0.05) is 50.0 Å². The van der Waals surface area contributed by atoms with Gasteiger partial charge in [-0.05, 0) is 69.6 Å². The Morgan fingerprint density at radius 1 is 0.521 bits per heavy atom. The molecule has 0 fully saturated rings. The van der Waals surface area contributed by atoms with E-state index < -0.39 is 0 Å². The van der Waals surface area contributed by atoms with Gasteiger partial charge < -0.3 is 9.32 Å². The van der Waals surface area contributed by atoms with Gasteiger partial charge in [0.2, 0.25) is 0 Å². The Balaban J connectivity index is 1.33. The number of furan rings is 1. The molecule has 2 nitrogen and oxygen atoms in total. The van der Waals surface area contributed by atoms with Crippen molar-refractivity contribution in [3.8, 4) is 11.1 Å². The first-order chi connectivity index (χ1) is 23.3. The summed E-state index contributed by atoms with van der Waals surface area (Å²) in [7, 11) is 0. The van der Waals surface area contributed by atoms with E-state index in [2.05, 4.69) is 178 Å². The monoisotopic (exact) mass is 619 g/mol. The Bertz CT molecular complexity index is 2500. The fourth-order valence-corrected chi connectivity index (χ4v) is 8.03. The molecule has 1 aliphatic carbocycles. The molecular weight excluding hydrogens is 583 g/mol. The van der Waals surface area contributed by atoms with E-state index in [0.717, 1.165) is 33.3 Å². The minimum Gasteiger partial charge on any atom is -0.456 e. The molecule has 0 bridgehead atoms. The molecular formula is C46H37NO. The van der Waals surface area contributed by atoms with Crippen LogP contribution >= 0.6 is 0 Å². The van der Waals surface area contributed by atoms with Gasteiger partial charge in [0.25, 0.3) is 0 Å². The van der Waals surface area contributed by atoms with E-state index in [4.69, 9.17) is 4.42 Å². The van der Waals surface area contributed by atoms with Gasteiger partial charge in [-0.25, -0.2) is 0 Å². The molecule has 7 aromatic carbocycles. The van der Waals surface area contributed by atoms with Gasteiger partial charge in [-0.2, -0.15) is 0 Å². The summed E-state index contributed by atoms with van der Waals surface area (Å²) < 4.78 is 6.47. The Hall–Kier alpha value is -5.60. The summed E-state index contributed by atoms with van der Waals surface area (Å²) in [6.45, 7) is 9.34. The Kier molecular flexibility index (Phi) is 6.23. The van der Waals surface area contributed by atoms with E-state index in [1.807, 2.05) is 6.07 Å². The molecule has 232 valence electrons. The molecule has 8 aromatic rings. The second kappa shape index (κ2) is 10.5. The third kappa shape index (κ3) is 4.19. The normalized spacial score (nSPS) is 13.6. The summed E-state index contributed by atoms with van der Waals surface area (Å²) >= 11 is 0. The lowest BCUT2D eigenvalue weighted by molar-refractivity contribution is 0.641. The van der Waals surface area contributed by atoms with E-state index in [1.165, 1.54) is 49.8 Å². The van der Waals surface area contributed by atoms with Crippen molar-refractivity contribution in [2.24, 2.45) is 0 Å². The smallest absolute Gasteiger partial charge is 0.137 e. The molecule has 0 saturated heterocycles. The molecule has 0 amide bonds. The van der Waals surface area contributed by atoms with Crippen LogP contribution in [-0.4, -0.2) is 0 Å². The van der Waals surface area contributed by atoms with Crippen LogP contribution in [-0.2, 0) is 10.8 Å². The van der Waals surface area contributed by atoms with E-state index in [1.54, 1.807) is 0 Å². The standard InChI is InChI=1S/C46H37NO/c1-45(2,31-15-6-5-7-16-31)32-22-24-33(25-23-32)47(34-26-27-37-36-18-11-13-21-41(36)48-42(37)29-34)44-35-17-9-8-14-30(35)28-40-43(44)38-19-10-12-20-39(38)46(40,3)4/h5-29H,1-4H3. The Labute approximate surface area is 281 Å². The number of hydrogen-bond acceptors (Lipinski definition) is 2. The first-order valence-electron chi connectivity index (χ1n) is 16.9. The molecule has 0 saturated carbocycles. The molecule has 0 aliphatic heterocycles. The van der Waals surface area contributed by atoms with Gasteiger partial charge in [0.15, 0.2) is 0 Å². The minimum absolute atomic E-state index is 0.136. The number of rotatable bonds is 5. The van der Waals surface area contributed by atoms with Crippen molar-refractivity contribution >= 4 is 49.8 Å². The van der Waals surface area contributed by atoms with Crippen LogP contribution in [0.3, 0.4) is 0 Å². The quantitative estimate of drug-likeness (QED) is 0.191. The molecule has 2 heteroatoms. The summed E-state index contributed by atoms with van der Waals surface area (Å²) in [4.78, 5) is 2.46. The molecule has 1 aliphatic rings. The van der Waals surface area contributed by atoms with E-state index in [9.17, 15) is 0 Å². The highest BCUT2D eigenvalue weighted by Gasteiger charge is 2.39. The van der Waals surface area contributed by atoms with Crippen LogP contribution in [0, 0.1) is 0 Å². The maximum atomic E-state index is 6.47. The zero-order valence-corrected chi connectivity index (χ0v) is 27.8. The predicted molar refractivity (Wildman–Crippen MR) is 202 cm³/mol. The van der Waals surface area contributed by atoms with E-state index in [0.29, 0.717) is 0 Å². The highest BCUT2D eigenvalue weighted by molar-refractivity contribution is 6.11. The van der Waals surface area contributed by atoms with Crippen molar-refractivity contribution in [2.75, 3.05) is 4.90 Å². The van der Waals surface area contributed by atoms with Gasteiger partial charge in [0.05, 0.1) is 5.69 Å². The molecule has 0 radical (unpaired) electrons. The molecule has 48 heavy (non-hydrogen) atoms. The van der Waals surface area contributed by atoms with Crippen molar-refractivity contribution in [2.45, 2.75) is 38.5 Å². The molecule has 0 unspecified atom stereocenters. The number of fused-ring (bicyclic) bond motifs is 7. The van der Waals surface area contributed by atoms with Crippen molar-refractivity contribution in [1.29, 1.82) is 0 Å². The minimum atomic E-state index is -0.137. The Morgan fingerprint density at radius 3 is 1.96 bits per heavy atom. The van der Waals surface area contributed by atoms with E-state index in [-0.39, 0.29) is 10.8 Å². The zero-order chi connectivity index (χ0) is 32.6. The third-order valence-corrected chi connectivity index (χ3v) is 10.8. The summed E-state index contributed by atoms with van der Waals surface area (Å²) in [6, 6.07) is 55.2. The Morgan fingerprint density at radius 2 is 1.15 bits per heavy atom. The summed E-state index contributed by atoms with van der Waals surface area (Å²) in [5.41, 5.74) is 12.8. The fourth-order valence-electron chi connectivity index (χ4n) is 8.03. The average molecular weight is 620 g/mol. The van der Waals surface area contributed by atoms with Gasteiger partial charge in [0.1, 0.15) is 11.2 Å². The lowest BCUT2D eigenvalue weighted by Gasteiger charge is -2.31. The second-order valence-corrected chi connectivity index (χ2v) is 14.2. The van der Waals surface area contributed by atoms with Gasteiger partial charge >= 0.3 is 0 Å². The lowest BCUT2D eigenvalue weighted by Crippen LogP contribution is -2.19. The number of hydrogen-bond donors (Lipinski definition) is 0. The molecule has 1 heterocycles. The van der Waals surface area contributed by atoms with Gasteiger partial charge in [-0.15, -0.1) is 0 Å². The molecule has 0 atom stereocenters. The number of nitrogens with zero attached hydrogens (tertiary/aromatic N) is 1. The van der Waals surface area contributed by atoms with Crippen LogP contribution in [0.1, 0.15) is 49.9 Å². The van der Waals surface area contributed by atoms with E-state index >= 15 is 0 Å². The first-order valence-corrected chi connectivity index (χ1v) is 16.9. The van der Waals surface area contributed by atoms with Crippen LogP contribution in [0.4, 0.5) is 17.1 Å².